The molecule has 0 aliphatic carbocycles. The predicted octanol–water partition coefficient (Wildman–Crippen LogP) is 1.35. The summed E-state index contributed by atoms with van der Waals surface area (Å²) in [5.74, 6) is -0.499. The molecule has 17 heavy (non-hydrogen) atoms. The Kier molecular flexibility index (Phi) is 3.00. The molecule has 86 valence electrons. The van der Waals surface area contributed by atoms with Crippen LogP contribution in [-0.4, -0.2) is 21.0 Å². The molecule has 0 unspecified atom stereocenters. The third kappa shape index (κ3) is 2.78. The van der Waals surface area contributed by atoms with Crippen molar-refractivity contribution in [1.82, 2.24) is 9.97 Å². The molecule has 0 bridgehead atoms. The van der Waals surface area contributed by atoms with E-state index >= 15 is 0 Å². The van der Waals surface area contributed by atoms with Crippen LogP contribution in [0.15, 0.2) is 36.7 Å². The summed E-state index contributed by atoms with van der Waals surface area (Å²) >= 11 is 0. The lowest BCUT2D eigenvalue weighted by Gasteiger charge is -2.03. The molecule has 0 atom stereocenters. The SMILES string of the molecule is Nc1cnc(-c2cccc(CC(=O)O)c2)cn1. The van der Waals surface area contributed by atoms with Gasteiger partial charge in [0.2, 0.25) is 0 Å². The molecule has 3 N–H and O–H groups in total. The van der Waals surface area contributed by atoms with Gasteiger partial charge in [-0.2, -0.15) is 0 Å². The zero-order valence-corrected chi connectivity index (χ0v) is 9.00. The summed E-state index contributed by atoms with van der Waals surface area (Å²) in [5, 5.41) is 8.72. The molecule has 0 saturated heterocycles. The van der Waals surface area contributed by atoms with Gasteiger partial charge in [-0.15, -0.1) is 0 Å². The average Bonchev–Trinajstić information content (AvgIpc) is 2.29. The topological polar surface area (TPSA) is 89.1 Å². The van der Waals surface area contributed by atoms with E-state index in [0.717, 1.165) is 11.1 Å². The zero-order chi connectivity index (χ0) is 12.3. The van der Waals surface area contributed by atoms with Gasteiger partial charge >= 0.3 is 5.97 Å². The molecule has 0 radical (unpaired) electrons. The number of carbonyl (C=O) groups is 1. The van der Waals surface area contributed by atoms with E-state index < -0.39 is 5.97 Å². The number of aliphatic carboxylic acids is 1. The first-order chi connectivity index (χ1) is 8.15. The second-order valence-electron chi connectivity index (χ2n) is 3.60. The smallest absolute Gasteiger partial charge is 0.307 e. The Morgan fingerprint density at radius 3 is 2.76 bits per heavy atom. The van der Waals surface area contributed by atoms with Gasteiger partial charge in [-0.05, 0) is 11.6 Å². The van der Waals surface area contributed by atoms with E-state index in [9.17, 15) is 4.79 Å². The summed E-state index contributed by atoms with van der Waals surface area (Å²) in [6.07, 6.45) is 3.03. The maximum absolute atomic E-state index is 10.6. The van der Waals surface area contributed by atoms with Crippen molar-refractivity contribution in [2.24, 2.45) is 0 Å². The minimum atomic E-state index is -0.856. The van der Waals surface area contributed by atoms with Gasteiger partial charge in [0.05, 0.1) is 24.5 Å². The summed E-state index contributed by atoms with van der Waals surface area (Å²) < 4.78 is 0. The Bertz CT molecular complexity index is 538. The highest BCUT2D eigenvalue weighted by Crippen LogP contribution is 2.18. The van der Waals surface area contributed by atoms with Crippen molar-refractivity contribution in [3.05, 3.63) is 42.2 Å². The van der Waals surface area contributed by atoms with Gasteiger partial charge in [0.15, 0.2) is 0 Å². The van der Waals surface area contributed by atoms with Gasteiger partial charge in [0.25, 0.3) is 0 Å². The van der Waals surface area contributed by atoms with Crippen molar-refractivity contribution in [3.8, 4) is 11.3 Å². The number of rotatable bonds is 3. The van der Waals surface area contributed by atoms with E-state index in [2.05, 4.69) is 9.97 Å². The second kappa shape index (κ2) is 4.61. The zero-order valence-electron chi connectivity index (χ0n) is 9.00. The Morgan fingerprint density at radius 2 is 2.12 bits per heavy atom. The lowest BCUT2D eigenvalue weighted by molar-refractivity contribution is -0.136. The van der Waals surface area contributed by atoms with Gasteiger partial charge in [0.1, 0.15) is 5.82 Å². The molecule has 5 nitrogen and oxygen atoms in total. The first-order valence-corrected chi connectivity index (χ1v) is 5.04. The largest absolute Gasteiger partial charge is 0.481 e. The molecular weight excluding hydrogens is 218 g/mol. The molecule has 1 heterocycles. The molecule has 2 aromatic rings. The van der Waals surface area contributed by atoms with Gasteiger partial charge in [-0.1, -0.05) is 18.2 Å². The number of hydrogen-bond acceptors (Lipinski definition) is 4. The lowest BCUT2D eigenvalue weighted by Crippen LogP contribution is -2.00. The number of aromatic nitrogens is 2. The van der Waals surface area contributed by atoms with Gasteiger partial charge in [-0.3, -0.25) is 9.78 Å². The normalized spacial score (nSPS) is 10.1. The van der Waals surface area contributed by atoms with Crippen LogP contribution < -0.4 is 5.73 Å². The molecular formula is C12H11N3O2. The maximum Gasteiger partial charge on any atom is 0.307 e. The summed E-state index contributed by atoms with van der Waals surface area (Å²) in [7, 11) is 0. The van der Waals surface area contributed by atoms with E-state index in [1.54, 1.807) is 24.4 Å². The van der Waals surface area contributed by atoms with Crippen LogP contribution in [0.4, 0.5) is 5.82 Å². The number of carboxylic acids is 1. The standard InChI is InChI=1S/C12H11N3O2/c13-11-7-14-10(6-15-11)9-3-1-2-8(4-9)5-12(16)17/h1-4,6-7H,5H2,(H2,13,15)(H,16,17). The molecule has 1 aromatic heterocycles. The third-order valence-corrected chi connectivity index (χ3v) is 2.25. The number of nitrogen functional groups attached to an aromatic ring is 1. The second-order valence-corrected chi connectivity index (χ2v) is 3.60. The van der Waals surface area contributed by atoms with E-state index in [-0.39, 0.29) is 6.42 Å². The predicted molar refractivity (Wildman–Crippen MR) is 63.2 cm³/mol. The summed E-state index contributed by atoms with van der Waals surface area (Å²) in [5.41, 5.74) is 7.68. The van der Waals surface area contributed by atoms with Gasteiger partial charge in [-0.25, -0.2) is 4.98 Å². The molecule has 2 rings (SSSR count). The molecule has 1 aromatic carbocycles. The summed E-state index contributed by atoms with van der Waals surface area (Å²) in [6, 6.07) is 7.20. The molecule has 0 fully saturated rings. The van der Waals surface area contributed by atoms with Crippen molar-refractivity contribution in [2.75, 3.05) is 5.73 Å². The third-order valence-electron chi connectivity index (χ3n) is 2.25. The van der Waals surface area contributed by atoms with Crippen LogP contribution in [0.25, 0.3) is 11.3 Å². The van der Waals surface area contributed by atoms with E-state index in [1.807, 2.05) is 6.07 Å². The Morgan fingerprint density at radius 1 is 1.29 bits per heavy atom. The number of benzene rings is 1. The van der Waals surface area contributed by atoms with Crippen molar-refractivity contribution in [1.29, 1.82) is 0 Å². The minimum absolute atomic E-state index is 0.00373. The van der Waals surface area contributed by atoms with Crippen LogP contribution in [0, 0.1) is 0 Å². The van der Waals surface area contributed by atoms with Gasteiger partial charge in [0, 0.05) is 5.56 Å². The monoisotopic (exact) mass is 229 g/mol. The van der Waals surface area contributed by atoms with Crippen LogP contribution in [0.5, 0.6) is 0 Å². The maximum atomic E-state index is 10.6. The highest BCUT2D eigenvalue weighted by atomic mass is 16.4. The fraction of sp³-hybridized carbons (Fsp3) is 0.0833. The van der Waals surface area contributed by atoms with Gasteiger partial charge < -0.3 is 10.8 Å². The molecule has 0 aliphatic rings. The fourth-order valence-corrected chi connectivity index (χ4v) is 1.50. The first kappa shape index (κ1) is 11.1. The number of anilines is 1. The number of hydrogen-bond donors (Lipinski definition) is 2. The first-order valence-electron chi connectivity index (χ1n) is 5.04. The van der Waals surface area contributed by atoms with Crippen LogP contribution in [-0.2, 0) is 11.2 Å². The molecule has 5 heteroatoms. The summed E-state index contributed by atoms with van der Waals surface area (Å²) in [6.45, 7) is 0. The number of nitrogens with zero attached hydrogens (tertiary/aromatic N) is 2. The van der Waals surface area contributed by atoms with Crippen molar-refractivity contribution in [2.45, 2.75) is 6.42 Å². The van der Waals surface area contributed by atoms with Crippen LogP contribution >= 0.6 is 0 Å². The minimum Gasteiger partial charge on any atom is -0.481 e. The number of nitrogens with two attached hydrogens (primary N) is 1. The summed E-state index contributed by atoms with van der Waals surface area (Å²) in [4.78, 5) is 18.7. The van der Waals surface area contributed by atoms with Crippen LogP contribution in [0.1, 0.15) is 5.56 Å². The highest BCUT2D eigenvalue weighted by Gasteiger charge is 2.04. The van der Waals surface area contributed by atoms with Crippen molar-refractivity contribution < 1.29 is 9.90 Å². The Labute approximate surface area is 98.0 Å². The molecule has 0 aliphatic heterocycles. The highest BCUT2D eigenvalue weighted by molar-refractivity contribution is 5.71. The van der Waals surface area contributed by atoms with E-state index in [0.29, 0.717) is 11.5 Å². The molecule has 0 spiro atoms. The number of carboxylic acid groups (broad SMARTS) is 1. The quantitative estimate of drug-likeness (QED) is 0.829. The van der Waals surface area contributed by atoms with E-state index in [4.69, 9.17) is 10.8 Å². The lowest BCUT2D eigenvalue weighted by atomic mass is 10.1. The Balaban J connectivity index is 2.32. The fourth-order valence-electron chi connectivity index (χ4n) is 1.50. The van der Waals surface area contributed by atoms with Crippen LogP contribution in [0.2, 0.25) is 0 Å². The van der Waals surface area contributed by atoms with E-state index in [1.165, 1.54) is 6.20 Å². The molecule has 0 amide bonds. The van der Waals surface area contributed by atoms with Crippen molar-refractivity contribution in [3.63, 3.8) is 0 Å². The average molecular weight is 229 g/mol. The van der Waals surface area contributed by atoms with Crippen molar-refractivity contribution >= 4 is 11.8 Å². The molecule has 0 saturated carbocycles. The Hall–Kier alpha value is -2.43. The van der Waals surface area contributed by atoms with Crippen LogP contribution in [0.3, 0.4) is 0 Å².